The predicted octanol–water partition coefficient (Wildman–Crippen LogP) is 3.71. The number of rotatable bonds is 3. The van der Waals surface area contributed by atoms with E-state index in [1.807, 2.05) is 18.5 Å². The highest BCUT2D eigenvalue weighted by molar-refractivity contribution is 7.09. The third-order valence-corrected chi connectivity index (χ3v) is 4.58. The van der Waals surface area contributed by atoms with E-state index in [9.17, 15) is 5.26 Å². The fraction of sp³-hybridized carbons (Fsp3) is 0.643. The smallest absolute Gasteiger partial charge is 0.133 e. The van der Waals surface area contributed by atoms with Crippen molar-refractivity contribution < 1.29 is 0 Å². The van der Waals surface area contributed by atoms with E-state index in [0.29, 0.717) is 12.0 Å². The maximum Gasteiger partial charge on any atom is 0.133 e. The van der Waals surface area contributed by atoms with Gasteiger partial charge in [0.1, 0.15) is 10.9 Å². The van der Waals surface area contributed by atoms with E-state index in [1.165, 1.54) is 19.3 Å². The van der Waals surface area contributed by atoms with Crippen LogP contribution in [0.2, 0.25) is 0 Å². The molecule has 1 saturated carbocycles. The van der Waals surface area contributed by atoms with Gasteiger partial charge in [-0.3, -0.25) is 4.99 Å². The maximum absolute atomic E-state index is 9.21. The van der Waals surface area contributed by atoms with E-state index in [-0.39, 0.29) is 5.92 Å². The van der Waals surface area contributed by atoms with E-state index in [4.69, 9.17) is 0 Å². The quantitative estimate of drug-likeness (QED) is 0.779. The zero-order valence-corrected chi connectivity index (χ0v) is 11.8. The second kappa shape index (κ2) is 6.10. The third kappa shape index (κ3) is 3.17. The SMILES string of the molecule is Cc1csc([C@@H](C#N)C=N[C@H]2CCCC[C@@H]2C)n1. The zero-order chi connectivity index (χ0) is 13.0. The van der Waals surface area contributed by atoms with Crippen LogP contribution in [-0.2, 0) is 0 Å². The lowest BCUT2D eigenvalue weighted by molar-refractivity contribution is 0.333. The van der Waals surface area contributed by atoms with Gasteiger partial charge in [0, 0.05) is 17.3 Å². The van der Waals surface area contributed by atoms with Gasteiger partial charge in [0.05, 0.1) is 12.1 Å². The topological polar surface area (TPSA) is 49.0 Å². The first-order valence-corrected chi connectivity index (χ1v) is 7.43. The Bertz CT molecular complexity index is 458. The van der Waals surface area contributed by atoms with Crippen LogP contribution in [0.25, 0.3) is 0 Å². The van der Waals surface area contributed by atoms with Crippen LogP contribution in [0, 0.1) is 24.2 Å². The average molecular weight is 261 g/mol. The van der Waals surface area contributed by atoms with Gasteiger partial charge >= 0.3 is 0 Å². The molecule has 1 heterocycles. The first kappa shape index (κ1) is 13.2. The minimum Gasteiger partial charge on any atom is -0.292 e. The molecule has 0 spiro atoms. The molecule has 0 radical (unpaired) electrons. The molecule has 18 heavy (non-hydrogen) atoms. The molecule has 0 saturated heterocycles. The summed E-state index contributed by atoms with van der Waals surface area (Å²) in [5, 5.41) is 12.1. The molecule has 0 N–H and O–H groups in total. The van der Waals surface area contributed by atoms with Gasteiger partial charge in [0.2, 0.25) is 0 Å². The Balaban J connectivity index is 2.04. The van der Waals surface area contributed by atoms with Crippen LogP contribution in [-0.4, -0.2) is 17.2 Å². The summed E-state index contributed by atoms with van der Waals surface area (Å²) in [6.07, 6.45) is 6.81. The number of hydrogen-bond donors (Lipinski definition) is 0. The standard InChI is InChI=1S/C14H19N3S/c1-10-5-3-4-6-13(10)16-8-12(7-15)14-17-11(2)9-18-14/h8-10,12-13H,3-6H2,1-2H3/t10-,12-,13-/m0/s1. The van der Waals surface area contributed by atoms with Crippen molar-refractivity contribution in [2.24, 2.45) is 10.9 Å². The summed E-state index contributed by atoms with van der Waals surface area (Å²) in [7, 11) is 0. The van der Waals surface area contributed by atoms with Gasteiger partial charge < -0.3 is 0 Å². The van der Waals surface area contributed by atoms with E-state index in [1.54, 1.807) is 11.3 Å². The minimum atomic E-state index is -0.280. The summed E-state index contributed by atoms with van der Waals surface area (Å²) >= 11 is 1.54. The molecule has 3 nitrogen and oxygen atoms in total. The van der Waals surface area contributed by atoms with Crippen molar-refractivity contribution in [3.63, 3.8) is 0 Å². The molecular formula is C14H19N3S. The van der Waals surface area contributed by atoms with Crippen molar-refractivity contribution in [2.45, 2.75) is 51.5 Å². The Morgan fingerprint density at radius 2 is 2.33 bits per heavy atom. The van der Waals surface area contributed by atoms with Gasteiger partial charge in [0.25, 0.3) is 0 Å². The molecule has 1 aliphatic rings. The number of nitriles is 1. The van der Waals surface area contributed by atoms with Crippen molar-refractivity contribution in [1.82, 2.24) is 4.98 Å². The van der Waals surface area contributed by atoms with Crippen LogP contribution in [0.3, 0.4) is 0 Å². The molecule has 96 valence electrons. The van der Waals surface area contributed by atoms with Crippen molar-refractivity contribution in [3.05, 3.63) is 16.1 Å². The van der Waals surface area contributed by atoms with Gasteiger partial charge in [-0.15, -0.1) is 11.3 Å². The van der Waals surface area contributed by atoms with Crippen LogP contribution >= 0.6 is 11.3 Å². The van der Waals surface area contributed by atoms with Crippen molar-refractivity contribution in [3.8, 4) is 6.07 Å². The van der Waals surface area contributed by atoms with Crippen LogP contribution in [0.1, 0.15) is 49.2 Å². The summed E-state index contributed by atoms with van der Waals surface area (Å²) in [6.45, 7) is 4.21. The van der Waals surface area contributed by atoms with Crippen LogP contribution in [0.5, 0.6) is 0 Å². The number of aromatic nitrogens is 1. The second-order valence-electron chi connectivity index (χ2n) is 5.06. The fourth-order valence-corrected chi connectivity index (χ4v) is 3.18. The number of nitrogens with zero attached hydrogens (tertiary/aromatic N) is 3. The molecule has 1 aromatic rings. The lowest BCUT2D eigenvalue weighted by atomic mass is 9.86. The molecule has 1 aromatic heterocycles. The Hall–Kier alpha value is -1.21. The van der Waals surface area contributed by atoms with Crippen LogP contribution < -0.4 is 0 Å². The molecule has 0 aliphatic heterocycles. The Morgan fingerprint density at radius 1 is 1.56 bits per heavy atom. The van der Waals surface area contributed by atoms with Crippen molar-refractivity contribution in [1.29, 1.82) is 5.26 Å². The normalized spacial score (nSPS) is 26.1. The second-order valence-corrected chi connectivity index (χ2v) is 5.95. The fourth-order valence-electron chi connectivity index (χ4n) is 2.38. The number of hydrogen-bond acceptors (Lipinski definition) is 4. The molecule has 0 amide bonds. The molecule has 2 rings (SSSR count). The van der Waals surface area contributed by atoms with E-state index in [2.05, 4.69) is 23.0 Å². The largest absolute Gasteiger partial charge is 0.292 e. The van der Waals surface area contributed by atoms with Gasteiger partial charge in [-0.05, 0) is 25.7 Å². The van der Waals surface area contributed by atoms with Crippen molar-refractivity contribution in [2.75, 3.05) is 0 Å². The van der Waals surface area contributed by atoms with Gasteiger partial charge in [-0.25, -0.2) is 4.98 Å². The maximum atomic E-state index is 9.21. The molecule has 0 unspecified atom stereocenters. The first-order valence-electron chi connectivity index (χ1n) is 6.55. The molecule has 3 atom stereocenters. The molecule has 0 aromatic carbocycles. The Kier molecular flexibility index (Phi) is 4.48. The average Bonchev–Trinajstić information content (AvgIpc) is 2.79. The number of aliphatic imine (C=N–C) groups is 1. The van der Waals surface area contributed by atoms with Gasteiger partial charge in [-0.1, -0.05) is 19.8 Å². The van der Waals surface area contributed by atoms with Crippen LogP contribution in [0.4, 0.5) is 0 Å². The lowest BCUT2D eigenvalue weighted by Gasteiger charge is -2.25. The highest BCUT2D eigenvalue weighted by Crippen LogP contribution is 2.27. The monoisotopic (exact) mass is 261 g/mol. The number of aryl methyl sites for hydroxylation is 1. The summed E-state index contributed by atoms with van der Waals surface area (Å²) in [6, 6.07) is 2.68. The van der Waals surface area contributed by atoms with E-state index >= 15 is 0 Å². The molecule has 0 bridgehead atoms. The van der Waals surface area contributed by atoms with E-state index < -0.39 is 0 Å². The summed E-state index contributed by atoms with van der Waals surface area (Å²) in [5.74, 6) is 0.366. The number of thiazole rings is 1. The Morgan fingerprint density at radius 3 is 2.94 bits per heavy atom. The first-order chi connectivity index (χ1) is 8.70. The van der Waals surface area contributed by atoms with Gasteiger partial charge in [-0.2, -0.15) is 5.26 Å². The molecular weight excluding hydrogens is 242 g/mol. The zero-order valence-electron chi connectivity index (χ0n) is 11.0. The molecule has 1 fully saturated rings. The van der Waals surface area contributed by atoms with Gasteiger partial charge in [0.15, 0.2) is 0 Å². The highest BCUT2D eigenvalue weighted by atomic mass is 32.1. The van der Waals surface area contributed by atoms with Crippen molar-refractivity contribution >= 4 is 17.6 Å². The highest BCUT2D eigenvalue weighted by Gasteiger charge is 2.20. The Labute approximate surface area is 113 Å². The summed E-state index contributed by atoms with van der Waals surface area (Å²) in [4.78, 5) is 9.01. The molecule has 1 aliphatic carbocycles. The predicted molar refractivity (Wildman–Crippen MR) is 75.1 cm³/mol. The molecule has 4 heteroatoms. The third-order valence-electron chi connectivity index (χ3n) is 3.53. The minimum absolute atomic E-state index is 0.280. The summed E-state index contributed by atoms with van der Waals surface area (Å²) in [5.41, 5.74) is 0.981. The summed E-state index contributed by atoms with van der Waals surface area (Å²) < 4.78 is 0. The van der Waals surface area contributed by atoms with Crippen LogP contribution in [0.15, 0.2) is 10.4 Å². The lowest BCUT2D eigenvalue weighted by Crippen LogP contribution is -2.20. The van der Waals surface area contributed by atoms with E-state index in [0.717, 1.165) is 17.1 Å².